The fraction of sp³-hybridized carbons (Fsp3) is 0.753. The summed E-state index contributed by atoms with van der Waals surface area (Å²) in [5.41, 5.74) is -4.51. The molecule has 0 amide bonds. The average Bonchev–Trinajstić information content (AvgIpc) is 1.62. The van der Waals surface area contributed by atoms with Crippen LogP contribution in [-0.2, 0) is 32.1 Å². The van der Waals surface area contributed by atoms with Gasteiger partial charge in [-0.1, -0.05) is 95.7 Å². The Hall–Kier alpha value is -2.70. The van der Waals surface area contributed by atoms with E-state index in [0.717, 1.165) is 111 Å². The van der Waals surface area contributed by atoms with Crippen molar-refractivity contribution in [2.75, 3.05) is 18.6 Å². The Labute approximate surface area is 512 Å². The molecule has 3 aliphatic heterocycles. The highest BCUT2D eigenvalue weighted by molar-refractivity contribution is 8.76. The summed E-state index contributed by atoms with van der Waals surface area (Å²) in [7, 11) is 6.06. The molecule has 2 saturated heterocycles. The summed E-state index contributed by atoms with van der Waals surface area (Å²) in [5.74, 6) is 9.51. The van der Waals surface area contributed by atoms with Crippen LogP contribution in [-0.4, -0.2) is 104 Å². The first kappa shape index (κ1) is 56.3. The molecule has 3 heterocycles. The van der Waals surface area contributed by atoms with E-state index in [2.05, 4.69) is 71.3 Å². The van der Waals surface area contributed by atoms with Crippen LogP contribution < -0.4 is 5.32 Å². The molecule has 2 aromatic rings. The van der Waals surface area contributed by atoms with Crippen molar-refractivity contribution >= 4 is 33.8 Å². The summed E-state index contributed by atoms with van der Waals surface area (Å²) < 4.78 is 14.7. The van der Waals surface area contributed by atoms with E-state index in [-0.39, 0.29) is 66.3 Å². The topological polar surface area (TPSA) is 166 Å². The standard InChI is InChI=1S/C73H93NO9S2/c1-41-45-14-13-42(27-45)36-84-85-37-59-51-19-25-67-24-18-47(43-9-4-3-5-10-43)28-50(67)31-56(51)70(67)39-69(40-76)60-20-26-68-38-66(21-6-7-22-66)23-17-44-11-8-12-48(35-75)52(44)32-58(74-2)53-29-49(62(68)54-33-61(77)83-63(53)54)34-71(68,79)73(60,81)64(78)57-30-46(41)15-16-55(65(70)82-59)72(57,69)80/h3-5,8-12,33,40-42,45-47,49-51,53,55-60,62-65,74-75,78-81H,6-7,13-16,18-22,24-32,34-39H2,1-2H3. The van der Waals surface area contributed by atoms with Crippen molar-refractivity contribution in [3.8, 4) is 11.8 Å². The maximum Gasteiger partial charge on any atom is 0.331 e. The maximum absolute atomic E-state index is 16.1. The number of aliphatic hydroxyl groups is 5. The highest BCUT2D eigenvalue weighted by Crippen LogP contribution is 2.86. The molecule has 16 aliphatic rings. The van der Waals surface area contributed by atoms with Gasteiger partial charge in [-0.2, -0.15) is 0 Å². The highest BCUT2D eigenvalue weighted by atomic mass is 33.1. The molecule has 26 atom stereocenters. The summed E-state index contributed by atoms with van der Waals surface area (Å²) >= 11 is 0. The van der Waals surface area contributed by atoms with Gasteiger partial charge in [-0.15, -0.1) is 0 Å². The van der Waals surface area contributed by atoms with Crippen LogP contribution in [0.1, 0.15) is 176 Å². The molecule has 13 aliphatic carbocycles. The highest BCUT2D eigenvalue weighted by Gasteiger charge is 2.90. The van der Waals surface area contributed by atoms with Crippen LogP contribution in [0.4, 0.5) is 0 Å². The van der Waals surface area contributed by atoms with Crippen LogP contribution in [0, 0.1) is 116 Å². The molecular formula is C73H93NO9S2. The first-order chi connectivity index (χ1) is 41.1. The number of carbonyl (C=O) groups is 2. The van der Waals surface area contributed by atoms with Gasteiger partial charge in [0, 0.05) is 69.1 Å². The van der Waals surface area contributed by atoms with Gasteiger partial charge in [0.25, 0.3) is 0 Å². The van der Waals surface area contributed by atoms with Crippen molar-refractivity contribution in [1.82, 2.24) is 5.32 Å². The first-order valence-corrected chi connectivity index (χ1v) is 36.7. The normalized spacial score (nSPS) is 52.7. The van der Waals surface area contributed by atoms with Crippen molar-refractivity contribution in [2.45, 2.75) is 214 Å². The lowest BCUT2D eigenvalue weighted by molar-refractivity contribution is -0.405. The Bertz CT molecular complexity index is 3140. The predicted molar refractivity (Wildman–Crippen MR) is 328 cm³/mol. The van der Waals surface area contributed by atoms with E-state index in [1.807, 2.05) is 30.0 Å². The Kier molecular flexibility index (Phi) is 13.0. The third-order valence-electron chi connectivity index (χ3n) is 30.2. The number of benzene rings is 2. The number of hydrogen-bond acceptors (Lipinski definition) is 12. The second-order valence-electron chi connectivity index (χ2n) is 32.1. The van der Waals surface area contributed by atoms with Crippen molar-refractivity contribution in [1.29, 1.82) is 0 Å². The molecule has 4 spiro atoms. The van der Waals surface area contributed by atoms with Gasteiger partial charge in [0.2, 0.25) is 0 Å². The molecule has 0 aromatic heterocycles. The number of rotatable bonds is 4. The lowest BCUT2D eigenvalue weighted by Crippen LogP contribution is -2.88. The number of aliphatic hydroxyl groups excluding tert-OH is 2. The molecule has 18 rings (SSSR count). The SMILES string of the molecule is CNC1Cc2c(cccc2CO)C#CC2(CCCC2)CC23CCC4C5(C=O)CC67C8CC9CC(c%10ccccc%10)CCC96CCC8C6CSSCC8CCC(C8)C(C)C8CCC(C7O6)C5(O)C(C8)C(O)C4(O)C2(O)CC2CC1C1OC(=O)C=C1C23. The zero-order valence-electron chi connectivity index (χ0n) is 50.3. The van der Waals surface area contributed by atoms with E-state index in [9.17, 15) is 15.0 Å². The summed E-state index contributed by atoms with van der Waals surface area (Å²) in [6, 6.07) is 17.1. The quantitative estimate of drug-likeness (QED) is 0.0744. The Morgan fingerprint density at radius 3 is 2.38 bits per heavy atom. The van der Waals surface area contributed by atoms with Gasteiger partial charge in [-0.05, 0) is 235 Å². The minimum Gasteiger partial charge on any atom is -0.454 e. The van der Waals surface area contributed by atoms with Gasteiger partial charge < -0.3 is 45.1 Å². The van der Waals surface area contributed by atoms with E-state index in [0.29, 0.717) is 86.4 Å². The number of esters is 1. The fourth-order valence-electron chi connectivity index (χ4n) is 27.1. The van der Waals surface area contributed by atoms with Crippen molar-refractivity contribution in [3.05, 3.63) is 82.4 Å². The molecule has 13 fully saturated rings. The molecule has 14 bridgehead atoms. The molecule has 456 valence electrons. The van der Waals surface area contributed by atoms with Gasteiger partial charge in [0.1, 0.15) is 23.6 Å². The van der Waals surface area contributed by atoms with Crippen LogP contribution in [0.5, 0.6) is 0 Å². The van der Waals surface area contributed by atoms with Crippen LogP contribution in [0.3, 0.4) is 0 Å². The zero-order valence-corrected chi connectivity index (χ0v) is 51.9. The van der Waals surface area contributed by atoms with Crippen LogP contribution >= 0.6 is 21.6 Å². The molecule has 2 aromatic carbocycles. The Morgan fingerprint density at radius 1 is 0.776 bits per heavy atom. The molecule has 10 nitrogen and oxygen atoms in total. The first-order valence-electron chi connectivity index (χ1n) is 34.3. The number of aldehydes is 1. The fourth-order valence-corrected chi connectivity index (χ4v) is 29.8. The molecule has 0 radical (unpaired) electrons. The van der Waals surface area contributed by atoms with Gasteiger partial charge >= 0.3 is 5.97 Å². The summed E-state index contributed by atoms with van der Waals surface area (Å²) in [5, 5.41) is 75.6. The van der Waals surface area contributed by atoms with Crippen LogP contribution in [0.2, 0.25) is 0 Å². The van der Waals surface area contributed by atoms with E-state index >= 15 is 20.1 Å². The van der Waals surface area contributed by atoms with Gasteiger partial charge in [-0.25, -0.2) is 4.79 Å². The number of nitrogens with one attached hydrogen (secondary N) is 1. The van der Waals surface area contributed by atoms with Gasteiger partial charge in [0.05, 0.1) is 35.9 Å². The summed E-state index contributed by atoms with van der Waals surface area (Å²) in [6.07, 6.45) is 19.4. The number of likely N-dealkylation sites (N-methyl/N-ethyl adjacent to an activating group) is 1. The van der Waals surface area contributed by atoms with Gasteiger partial charge in [-0.3, -0.25) is 0 Å². The lowest BCUT2D eigenvalue weighted by atomic mass is 9.29. The number of hydrogen-bond donors (Lipinski definition) is 6. The van der Waals surface area contributed by atoms with Gasteiger partial charge in [0.15, 0.2) is 0 Å². The molecule has 11 saturated carbocycles. The minimum absolute atomic E-state index is 0.0315. The Morgan fingerprint density at radius 2 is 1.56 bits per heavy atom. The molecule has 85 heavy (non-hydrogen) atoms. The second kappa shape index (κ2) is 19.7. The lowest BCUT2D eigenvalue weighted by Gasteiger charge is -2.78. The zero-order chi connectivity index (χ0) is 57.8. The minimum atomic E-state index is -2.21. The summed E-state index contributed by atoms with van der Waals surface area (Å²) in [4.78, 5) is 30.3. The van der Waals surface area contributed by atoms with E-state index in [1.165, 1.54) is 31.1 Å². The van der Waals surface area contributed by atoms with Crippen LogP contribution in [0.15, 0.2) is 60.2 Å². The molecule has 12 heteroatoms. The van der Waals surface area contributed by atoms with Crippen molar-refractivity contribution in [2.24, 2.45) is 104 Å². The monoisotopic (exact) mass is 1190 g/mol. The van der Waals surface area contributed by atoms with Crippen molar-refractivity contribution < 1.29 is 44.6 Å². The third kappa shape index (κ3) is 7.16. The van der Waals surface area contributed by atoms with E-state index in [1.54, 1.807) is 6.08 Å². The molecule has 26 unspecified atom stereocenters. The average molecular weight is 1190 g/mol. The van der Waals surface area contributed by atoms with Crippen LogP contribution in [0.25, 0.3) is 0 Å². The molecule has 6 N–H and O–H groups in total. The smallest absolute Gasteiger partial charge is 0.331 e. The third-order valence-corrected chi connectivity index (χ3v) is 32.7. The van der Waals surface area contributed by atoms with E-state index in [4.69, 9.17) is 9.47 Å². The molecular weight excluding hydrogens is 1100 g/mol. The predicted octanol–water partition coefficient (Wildman–Crippen LogP) is 10.9. The number of ether oxygens (including phenoxy) is 2. The Balaban J connectivity index is 0.880. The maximum atomic E-state index is 16.1. The number of carbonyl (C=O) groups excluding carboxylic acids is 2. The summed E-state index contributed by atoms with van der Waals surface area (Å²) in [6.45, 7) is 2.34. The number of fused-ring (bicyclic) bond motifs is 10. The second-order valence-corrected chi connectivity index (χ2v) is 34.6. The van der Waals surface area contributed by atoms with Crippen molar-refractivity contribution in [3.63, 3.8) is 0 Å². The van der Waals surface area contributed by atoms with E-state index < -0.39 is 68.4 Å². The largest absolute Gasteiger partial charge is 0.454 e.